The molecule has 1 aromatic heterocycles. The van der Waals surface area contributed by atoms with Crippen LogP contribution in [0.1, 0.15) is 89.5 Å². The van der Waals surface area contributed by atoms with Gasteiger partial charge >= 0.3 is 0 Å². The number of rotatable bonds is 15. The molecule has 5 amide bonds. The summed E-state index contributed by atoms with van der Waals surface area (Å²) in [6.07, 6.45) is 15.7. The Morgan fingerprint density at radius 1 is 1.08 bits per heavy atom. The minimum Gasteiger partial charge on any atom is -0.346 e. The topological polar surface area (TPSA) is 180 Å². The van der Waals surface area contributed by atoms with Crippen LogP contribution in [0.3, 0.4) is 0 Å². The Morgan fingerprint density at radius 2 is 1.78 bits per heavy atom. The van der Waals surface area contributed by atoms with Gasteiger partial charge in [0.25, 0.3) is 11.8 Å². The van der Waals surface area contributed by atoms with E-state index >= 15 is 0 Å². The molecule has 2 aliphatic rings. The molecule has 0 aromatic carbocycles. The summed E-state index contributed by atoms with van der Waals surface area (Å²) in [5.74, 6) is -1.88. The van der Waals surface area contributed by atoms with Crippen LogP contribution in [0.15, 0.2) is 43.4 Å². The van der Waals surface area contributed by atoms with Crippen LogP contribution < -0.4 is 21.3 Å². The largest absolute Gasteiger partial charge is 0.346 e. The van der Waals surface area contributed by atoms with Crippen LogP contribution >= 0.6 is 0 Å². The van der Waals surface area contributed by atoms with Gasteiger partial charge in [0.15, 0.2) is 0 Å². The minimum atomic E-state index is -1.21. The molecule has 1 saturated heterocycles. The number of aromatic nitrogens is 2. The Hall–Kier alpha value is -4.86. The van der Waals surface area contributed by atoms with E-state index in [0.717, 1.165) is 37.7 Å². The molecule has 270 valence electrons. The first-order chi connectivity index (χ1) is 23.7. The fourth-order valence-electron chi connectivity index (χ4n) is 6.40. The summed E-state index contributed by atoms with van der Waals surface area (Å²) in [5.41, 5.74) is 0.0242. The van der Waals surface area contributed by atoms with Crippen molar-refractivity contribution in [2.45, 2.75) is 103 Å². The van der Waals surface area contributed by atoms with Crippen molar-refractivity contribution in [3.8, 4) is 12.3 Å². The Labute approximate surface area is 294 Å². The average Bonchev–Trinajstić information content (AvgIpc) is 3.56. The number of hydrogen-bond donors (Lipinski definition) is 4. The van der Waals surface area contributed by atoms with E-state index in [1.54, 1.807) is 20.8 Å². The number of hydrogen-bond acceptors (Lipinski definition) is 8. The number of carbonyl (C=O) groups excluding carboxylic acids is 6. The molecule has 5 atom stereocenters. The van der Waals surface area contributed by atoms with Crippen LogP contribution in [0.25, 0.3) is 0 Å². The first-order valence-electron chi connectivity index (χ1n) is 17.2. The van der Waals surface area contributed by atoms with Crippen LogP contribution in [-0.2, 0) is 24.0 Å². The van der Waals surface area contributed by atoms with Gasteiger partial charge in [0.05, 0.1) is 12.2 Å². The molecule has 2 fully saturated rings. The zero-order valence-electron chi connectivity index (χ0n) is 29.6. The zero-order chi connectivity index (χ0) is 37.0. The number of carbonyl (C=O) groups is 6. The predicted octanol–water partition coefficient (Wildman–Crippen LogP) is 2.25. The lowest BCUT2D eigenvalue weighted by Crippen LogP contribution is -2.62. The molecule has 2 heterocycles. The first-order valence-corrected chi connectivity index (χ1v) is 17.2. The minimum absolute atomic E-state index is 0.0245. The normalized spacial score (nSPS) is 19.5. The maximum Gasteiger partial charge on any atom is 0.289 e. The molecule has 4 N–H and O–H groups in total. The lowest BCUT2D eigenvalue weighted by molar-refractivity contribution is -0.145. The van der Waals surface area contributed by atoms with Crippen molar-refractivity contribution in [3.05, 3.63) is 49.1 Å². The van der Waals surface area contributed by atoms with Crippen LogP contribution in [-0.4, -0.2) is 87.4 Å². The molecule has 1 aromatic rings. The molecule has 1 aliphatic carbocycles. The number of Topliss-reactive ketones (excluding diaryl/α,β-unsaturated/α-hetero) is 1. The monoisotopic (exact) mass is 689 g/mol. The van der Waals surface area contributed by atoms with E-state index in [4.69, 9.17) is 6.42 Å². The van der Waals surface area contributed by atoms with Gasteiger partial charge in [-0.15, -0.1) is 18.9 Å². The molecule has 50 heavy (non-hydrogen) atoms. The molecule has 0 bridgehead atoms. The molecule has 1 aliphatic heterocycles. The van der Waals surface area contributed by atoms with Gasteiger partial charge in [0.1, 0.15) is 23.8 Å². The van der Waals surface area contributed by atoms with E-state index < -0.39 is 64.9 Å². The number of nitrogens with zero attached hydrogens (tertiary/aromatic N) is 3. The first kappa shape index (κ1) is 39.6. The van der Waals surface area contributed by atoms with Gasteiger partial charge in [0.2, 0.25) is 23.5 Å². The molecule has 3 rings (SSSR count). The third-order valence-corrected chi connectivity index (χ3v) is 9.31. The molecule has 1 saturated carbocycles. The summed E-state index contributed by atoms with van der Waals surface area (Å²) in [5, 5.41) is 10.9. The quantitative estimate of drug-likeness (QED) is 0.123. The summed E-state index contributed by atoms with van der Waals surface area (Å²) < 4.78 is 0. The standard InChI is InChI=1S/C37H51N7O6/c1-8-10-16-26(30(45)35(49)40-17-9-2)41-33(47)28-20-25(23(3)4)22-44(28)36(50)31(37(5,6)7)43-34(48)29(24-14-12-11-13-15-24)42-32(46)27-21-38-18-19-39-27/h1,9,18-19,21,24-26,28-29,31H,2-3,10-17,20,22H2,4-7H3,(H,40,49)(H,41,47)(H,42,46)(H,43,48)/t25-,26?,28+,29+,31-/m1/s1. The van der Waals surface area contributed by atoms with Crippen molar-refractivity contribution in [2.24, 2.45) is 17.3 Å². The van der Waals surface area contributed by atoms with E-state index in [2.05, 4.69) is 50.3 Å². The Balaban J connectivity index is 1.89. The Bertz CT molecular complexity index is 1470. The highest BCUT2D eigenvalue weighted by Crippen LogP contribution is 2.32. The third kappa shape index (κ3) is 10.6. The number of likely N-dealkylation sites (tertiary alicyclic amines) is 1. The number of nitrogens with one attached hydrogen (secondary N) is 4. The second kappa shape index (κ2) is 18.2. The SMILES string of the molecule is C#CCCC(NC(=O)[C@@H]1C[C@@H](C(=C)C)CN1C(=O)[C@@H](NC(=O)[C@@H](NC(=O)c1cnccn1)C1CCCCC1)C(C)(C)C)C(=O)C(=O)NCC=C. The van der Waals surface area contributed by atoms with Crippen molar-refractivity contribution in [2.75, 3.05) is 13.1 Å². The van der Waals surface area contributed by atoms with E-state index in [1.165, 1.54) is 29.6 Å². The van der Waals surface area contributed by atoms with Crippen LogP contribution in [0.5, 0.6) is 0 Å². The summed E-state index contributed by atoms with van der Waals surface area (Å²) >= 11 is 0. The van der Waals surface area contributed by atoms with Gasteiger partial charge in [-0.25, -0.2) is 4.98 Å². The summed E-state index contributed by atoms with van der Waals surface area (Å²) in [6, 6.07) is -4.25. The van der Waals surface area contributed by atoms with Gasteiger partial charge in [-0.2, -0.15) is 0 Å². The van der Waals surface area contributed by atoms with E-state index in [1.807, 2.05) is 6.92 Å². The second-order valence-corrected chi connectivity index (χ2v) is 14.2. The maximum atomic E-state index is 14.5. The highest BCUT2D eigenvalue weighted by molar-refractivity contribution is 6.38. The van der Waals surface area contributed by atoms with Crippen LogP contribution in [0.4, 0.5) is 0 Å². The zero-order valence-corrected chi connectivity index (χ0v) is 29.6. The molecular weight excluding hydrogens is 638 g/mol. The van der Waals surface area contributed by atoms with E-state index in [9.17, 15) is 28.8 Å². The van der Waals surface area contributed by atoms with Crippen molar-refractivity contribution in [1.29, 1.82) is 0 Å². The van der Waals surface area contributed by atoms with Gasteiger partial charge < -0.3 is 26.2 Å². The Morgan fingerprint density at radius 3 is 2.36 bits per heavy atom. The molecular formula is C37H51N7O6. The van der Waals surface area contributed by atoms with Crippen LogP contribution in [0.2, 0.25) is 0 Å². The molecule has 0 spiro atoms. The van der Waals surface area contributed by atoms with E-state index in [-0.39, 0.29) is 49.9 Å². The number of amides is 5. The molecule has 13 nitrogen and oxygen atoms in total. The third-order valence-electron chi connectivity index (χ3n) is 9.31. The van der Waals surface area contributed by atoms with Gasteiger partial charge in [-0.05, 0) is 49.9 Å². The molecule has 13 heteroatoms. The van der Waals surface area contributed by atoms with Gasteiger partial charge in [0, 0.05) is 31.9 Å². The fraction of sp³-hybridized carbons (Fsp3) is 0.568. The fourth-order valence-corrected chi connectivity index (χ4v) is 6.40. The van der Waals surface area contributed by atoms with Crippen molar-refractivity contribution in [3.63, 3.8) is 0 Å². The van der Waals surface area contributed by atoms with Crippen LogP contribution in [0, 0.1) is 29.6 Å². The molecule has 0 radical (unpaired) electrons. The highest BCUT2D eigenvalue weighted by atomic mass is 16.2. The van der Waals surface area contributed by atoms with E-state index in [0.29, 0.717) is 0 Å². The predicted molar refractivity (Wildman–Crippen MR) is 188 cm³/mol. The second-order valence-electron chi connectivity index (χ2n) is 14.2. The van der Waals surface area contributed by atoms with Gasteiger partial charge in [-0.3, -0.25) is 33.8 Å². The lowest BCUT2D eigenvalue weighted by Gasteiger charge is -2.37. The summed E-state index contributed by atoms with van der Waals surface area (Å²) in [4.78, 5) is 90.6. The molecule has 1 unspecified atom stereocenters. The Kier molecular flexibility index (Phi) is 14.4. The van der Waals surface area contributed by atoms with Gasteiger partial charge in [-0.1, -0.05) is 58.3 Å². The van der Waals surface area contributed by atoms with Crippen molar-refractivity contribution >= 4 is 35.3 Å². The van der Waals surface area contributed by atoms with Crippen molar-refractivity contribution < 1.29 is 28.8 Å². The number of terminal acetylenes is 1. The maximum absolute atomic E-state index is 14.5. The lowest BCUT2D eigenvalue weighted by atomic mass is 9.82. The smallest absolute Gasteiger partial charge is 0.289 e. The number of ketones is 1. The summed E-state index contributed by atoms with van der Waals surface area (Å²) in [7, 11) is 0. The average molecular weight is 690 g/mol. The van der Waals surface area contributed by atoms with Crippen molar-refractivity contribution in [1.82, 2.24) is 36.1 Å². The summed E-state index contributed by atoms with van der Waals surface area (Å²) in [6.45, 7) is 15.0. The highest BCUT2D eigenvalue weighted by Gasteiger charge is 2.46.